The van der Waals surface area contributed by atoms with E-state index in [-0.39, 0.29) is 11.6 Å². The van der Waals surface area contributed by atoms with Gasteiger partial charge < -0.3 is 10.1 Å². The maximum absolute atomic E-state index is 13.7. The zero-order chi connectivity index (χ0) is 15.2. The number of hydrogen-bond donors (Lipinski definition) is 1. The summed E-state index contributed by atoms with van der Waals surface area (Å²) in [5.74, 6) is 1.11. The number of rotatable bonds is 6. The minimum Gasteiger partial charge on any atom is -0.454 e. The average molecular weight is 352 g/mol. The predicted molar refractivity (Wildman–Crippen MR) is 87.2 cm³/mol. The predicted octanol–water partition coefficient (Wildman–Crippen LogP) is 5.13. The molecule has 0 radical (unpaired) electrons. The van der Waals surface area contributed by atoms with Gasteiger partial charge >= 0.3 is 0 Å². The molecule has 0 saturated carbocycles. The fraction of sp³-hybridized carbons (Fsp3) is 0.294. The van der Waals surface area contributed by atoms with Crippen LogP contribution in [-0.4, -0.2) is 6.54 Å². The van der Waals surface area contributed by atoms with Gasteiger partial charge in [-0.3, -0.25) is 0 Å². The van der Waals surface area contributed by atoms with Crippen LogP contribution in [0, 0.1) is 11.7 Å². The molecule has 0 fully saturated rings. The lowest BCUT2D eigenvalue weighted by Gasteiger charge is -2.14. The molecule has 21 heavy (non-hydrogen) atoms. The average Bonchev–Trinajstić information content (AvgIpc) is 2.43. The standard InChI is InChI=1S/C17H19BrFNO/c1-12(2)10-20-11-13-7-8-14(18)9-17(13)21-16-6-4-3-5-15(16)19/h3-9,12,20H,10-11H2,1-2H3. The maximum atomic E-state index is 13.7. The first-order valence-electron chi connectivity index (χ1n) is 6.98. The Labute approximate surface area is 133 Å². The van der Waals surface area contributed by atoms with E-state index < -0.39 is 0 Å². The second kappa shape index (κ2) is 7.57. The molecule has 0 unspecified atom stereocenters. The molecule has 0 amide bonds. The van der Waals surface area contributed by atoms with Crippen LogP contribution in [0.4, 0.5) is 4.39 Å². The molecular weight excluding hydrogens is 333 g/mol. The van der Waals surface area contributed by atoms with Crippen LogP contribution in [0.15, 0.2) is 46.9 Å². The van der Waals surface area contributed by atoms with E-state index in [1.54, 1.807) is 18.2 Å². The highest BCUT2D eigenvalue weighted by Gasteiger charge is 2.09. The van der Waals surface area contributed by atoms with Crippen molar-refractivity contribution in [2.45, 2.75) is 20.4 Å². The van der Waals surface area contributed by atoms with Crippen LogP contribution in [0.1, 0.15) is 19.4 Å². The summed E-state index contributed by atoms with van der Waals surface area (Å²) in [4.78, 5) is 0. The largest absolute Gasteiger partial charge is 0.454 e. The number of benzene rings is 2. The number of nitrogens with one attached hydrogen (secondary N) is 1. The molecule has 2 nitrogen and oxygen atoms in total. The van der Waals surface area contributed by atoms with Gasteiger partial charge in [0.2, 0.25) is 0 Å². The Morgan fingerprint density at radius 2 is 1.90 bits per heavy atom. The van der Waals surface area contributed by atoms with Gasteiger partial charge in [0.1, 0.15) is 5.75 Å². The van der Waals surface area contributed by atoms with Gasteiger partial charge in [-0.1, -0.05) is 48.0 Å². The molecule has 112 valence electrons. The molecule has 0 aliphatic carbocycles. The molecule has 0 saturated heterocycles. The molecule has 0 heterocycles. The first-order valence-corrected chi connectivity index (χ1v) is 7.77. The summed E-state index contributed by atoms with van der Waals surface area (Å²) in [5, 5.41) is 3.37. The summed E-state index contributed by atoms with van der Waals surface area (Å²) < 4.78 is 20.4. The second-order valence-corrected chi connectivity index (χ2v) is 6.22. The molecule has 0 aliphatic heterocycles. The van der Waals surface area contributed by atoms with Crippen molar-refractivity contribution in [2.24, 2.45) is 5.92 Å². The fourth-order valence-electron chi connectivity index (χ4n) is 1.91. The zero-order valence-electron chi connectivity index (χ0n) is 12.2. The van der Waals surface area contributed by atoms with E-state index in [0.717, 1.165) is 16.6 Å². The Morgan fingerprint density at radius 1 is 1.14 bits per heavy atom. The SMILES string of the molecule is CC(C)CNCc1ccc(Br)cc1Oc1ccccc1F. The van der Waals surface area contributed by atoms with E-state index in [1.165, 1.54) is 6.07 Å². The van der Waals surface area contributed by atoms with Gasteiger partial charge in [0.25, 0.3) is 0 Å². The molecule has 0 aromatic heterocycles. The van der Waals surface area contributed by atoms with Crippen LogP contribution >= 0.6 is 15.9 Å². The smallest absolute Gasteiger partial charge is 0.165 e. The third-order valence-electron chi connectivity index (χ3n) is 2.95. The summed E-state index contributed by atoms with van der Waals surface area (Å²) >= 11 is 3.43. The molecule has 4 heteroatoms. The lowest BCUT2D eigenvalue weighted by molar-refractivity contribution is 0.434. The molecule has 0 aliphatic rings. The van der Waals surface area contributed by atoms with Crippen molar-refractivity contribution in [1.29, 1.82) is 0 Å². The highest BCUT2D eigenvalue weighted by atomic mass is 79.9. The van der Waals surface area contributed by atoms with Gasteiger partial charge in [-0.2, -0.15) is 0 Å². The summed E-state index contributed by atoms with van der Waals surface area (Å²) in [6.07, 6.45) is 0. The van der Waals surface area contributed by atoms with Crippen molar-refractivity contribution in [1.82, 2.24) is 5.32 Å². The highest BCUT2D eigenvalue weighted by molar-refractivity contribution is 9.10. The minimum atomic E-state index is -0.362. The van der Waals surface area contributed by atoms with Gasteiger partial charge in [-0.25, -0.2) is 4.39 Å². The lowest BCUT2D eigenvalue weighted by Crippen LogP contribution is -2.19. The van der Waals surface area contributed by atoms with Crippen LogP contribution in [0.3, 0.4) is 0 Å². The van der Waals surface area contributed by atoms with Gasteiger partial charge in [0.15, 0.2) is 11.6 Å². The van der Waals surface area contributed by atoms with Crippen molar-refractivity contribution < 1.29 is 9.13 Å². The van der Waals surface area contributed by atoms with E-state index in [4.69, 9.17) is 4.74 Å². The van der Waals surface area contributed by atoms with Crippen LogP contribution in [0.25, 0.3) is 0 Å². The number of ether oxygens (including phenoxy) is 1. The van der Waals surface area contributed by atoms with Gasteiger partial charge in [0.05, 0.1) is 0 Å². The van der Waals surface area contributed by atoms with Gasteiger partial charge in [-0.15, -0.1) is 0 Å². The first-order chi connectivity index (χ1) is 10.1. The Hall–Kier alpha value is -1.39. The third kappa shape index (κ3) is 4.83. The van der Waals surface area contributed by atoms with Crippen LogP contribution in [0.2, 0.25) is 0 Å². The fourth-order valence-corrected chi connectivity index (χ4v) is 2.25. The Bertz CT molecular complexity index is 601. The minimum absolute atomic E-state index is 0.237. The normalized spacial score (nSPS) is 10.9. The van der Waals surface area contributed by atoms with Crippen LogP contribution in [0.5, 0.6) is 11.5 Å². The maximum Gasteiger partial charge on any atom is 0.165 e. The number of halogens is 2. The van der Waals surface area contributed by atoms with Gasteiger partial charge in [0, 0.05) is 16.6 Å². The van der Waals surface area contributed by atoms with E-state index >= 15 is 0 Å². The summed E-state index contributed by atoms with van der Waals surface area (Å²) in [6.45, 7) is 5.93. The van der Waals surface area contributed by atoms with Crippen molar-refractivity contribution in [3.63, 3.8) is 0 Å². The molecule has 0 spiro atoms. The monoisotopic (exact) mass is 351 g/mol. The first kappa shape index (κ1) is 16.0. The Kier molecular flexibility index (Phi) is 5.76. The Morgan fingerprint density at radius 3 is 2.62 bits per heavy atom. The number of para-hydroxylation sites is 1. The molecular formula is C17H19BrFNO. The molecule has 0 bridgehead atoms. The van der Waals surface area contributed by atoms with Gasteiger partial charge in [-0.05, 0) is 36.7 Å². The molecule has 0 atom stereocenters. The third-order valence-corrected chi connectivity index (χ3v) is 3.45. The summed E-state index contributed by atoms with van der Waals surface area (Å²) in [7, 11) is 0. The van der Waals surface area contributed by atoms with E-state index in [2.05, 4.69) is 35.1 Å². The molecule has 2 rings (SSSR count). The van der Waals surface area contributed by atoms with E-state index in [9.17, 15) is 4.39 Å². The van der Waals surface area contributed by atoms with Crippen LogP contribution < -0.4 is 10.1 Å². The number of hydrogen-bond acceptors (Lipinski definition) is 2. The van der Waals surface area contributed by atoms with E-state index in [1.807, 2.05) is 18.2 Å². The zero-order valence-corrected chi connectivity index (χ0v) is 13.8. The van der Waals surface area contributed by atoms with Crippen molar-refractivity contribution in [2.75, 3.05) is 6.54 Å². The van der Waals surface area contributed by atoms with Crippen LogP contribution in [-0.2, 0) is 6.54 Å². The second-order valence-electron chi connectivity index (χ2n) is 5.31. The molecule has 2 aromatic carbocycles. The van der Waals surface area contributed by atoms with Crippen molar-refractivity contribution >= 4 is 15.9 Å². The molecule has 2 aromatic rings. The summed E-state index contributed by atoms with van der Waals surface area (Å²) in [6, 6.07) is 12.2. The summed E-state index contributed by atoms with van der Waals surface area (Å²) in [5.41, 5.74) is 1.00. The Balaban J connectivity index is 2.17. The van der Waals surface area contributed by atoms with Crippen molar-refractivity contribution in [3.8, 4) is 11.5 Å². The van der Waals surface area contributed by atoms with E-state index in [0.29, 0.717) is 18.2 Å². The van der Waals surface area contributed by atoms with Crippen molar-refractivity contribution in [3.05, 3.63) is 58.3 Å². The quantitative estimate of drug-likeness (QED) is 0.779. The topological polar surface area (TPSA) is 21.3 Å². The highest BCUT2D eigenvalue weighted by Crippen LogP contribution is 2.30. The lowest BCUT2D eigenvalue weighted by atomic mass is 10.1. The molecule has 1 N–H and O–H groups in total.